The average molecular weight is 270 g/mol. The first-order valence-corrected chi connectivity index (χ1v) is 6.83. The number of amides is 1. The maximum Gasteiger partial charge on any atom is 0.311 e. The number of carbonyl (C=O) groups excluding carboxylic acids is 1. The average Bonchev–Trinajstić information content (AvgIpc) is 2.40. The van der Waals surface area contributed by atoms with Crippen LogP contribution in [0.5, 0.6) is 0 Å². The molecule has 2 unspecified atom stereocenters. The lowest BCUT2D eigenvalue weighted by atomic mass is 9.82. The Morgan fingerprint density at radius 2 is 2.32 bits per heavy atom. The summed E-state index contributed by atoms with van der Waals surface area (Å²) in [5.74, 6) is -0.792. The largest absolute Gasteiger partial charge is 0.481 e. The fourth-order valence-corrected chi connectivity index (χ4v) is 2.72. The smallest absolute Gasteiger partial charge is 0.311 e. The Hall–Kier alpha value is -1.14. The molecule has 2 aliphatic heterocycles. The van der Waals surface area contributed by atoms with Crippen molar-refractivity contribution in [2.45, 2.75) is 32.2 Å². The summed E-state index contributed by atoms with van der Waals surface area (Å²) in [6, 6.07) is 0.0549. The Bertz CT molecular complexity index is 355. The van der Waals surface area contributed by atoms with Crippen LogP contribution in [0, 0.1) is 5.41 Å². The highest BCUT2D eigenvalue weighted by molar-refractivity contribution is 5.80. The highest BCUT2D eigenvalue weighted by atomic mass is 16.5. The molecule has 0 aliphatic carbocycles. The number of hydrogen-bond acceptors (Lipinski definition) is 4. The molecule has 0 aromatic rings. The van der Waals surface area contributed by atoms with Gasteiger partial charge >= 0.3 is 5.97 Å². The van der Waals surface area contributed by atoms with Crippen molar-refractivity contribution in [2.24, 2.45) is 5.41 Å². The summed E-state index contributed by atoms with van der Waals surface area (Å²) < 4.78 is 5.32. The van der Waals surface area contributed by atoms with Gasteiger partial charge in [-0.1, -0.05) is 0 Å². The van der Waals surface area contributed by atoms with E-state index in [1.165, 1.54) is 0 Å². The number of ether oxygens (including phenoxy) is 1. The Morgan fingerprint density at radius 1 is 1.53 bits per heavy atom. The SMILES string of the molecule is CC1(C(=O)O)CCCN(C(=O)CC2COCCN2)C1. The molecule has 0 spiro atoms. The first-order chi connectivity index (χ1) is 9.01. The van der Waals surface area contributed by atoms with E-state index in [0.29, 0.717) is 39.1 Å². The highest BCUT2D eigenvalue weighted by Crippen LogP contribution is 2.30. The number of carboxylic acids is 1. The van der Waals surface area contributed by atoms with Crippen LogP contribution in [0.15, 0.2) is 0 Å². The quantitative estimate of drug-likeness (QED) is 0.759. The maximum absolute atomic E-state index is 12.2. The number of rotatable bonds is 3. The van der Waals surface area contributed by atoms with Crippen LogP contribution in [0.3, 0.4) is 0 Å². The molecule has 0 radical (unpaired) electrons. The minimum atomic E-state index is -0.816. The molecule has 0 aromatic heterocycles. The molecule has 19 heavy (non-hydrogen) atoms. The number of piperidine rings is 1. The van der Waals surface area contributed by atoms with Crippen LogP contribution < -0.4 is 5.32 Å². The number of nitrogens with one attached hydrogen (secondary N) is 1. The van der Waals surface area contributed by atoms with Gasteiger partial charge in [0.2, 0.25) is 5.91 Å². The highest BCUT2D eigenvalue weighted by Gasteiger charge is 2.39. The molecule has 0 saturated carbocycles. The lowest BCUT2D eigenvalue weighted by Gasteiger charge is -2.38. The number of carbonyl (C=O) groups is 2. The van der Waals surface area contributed by atoms with Crippen LogP contribution in [-0.2, 0) is 14.3 Å². The van der Waals surface area contributed by atoms with Crippen LogP contribution in [0.2, 0.25) is 0 Å². The zero-order valence-corrected chi connectivity index (χ0v) is 11.4. The fourth-order valence-electron chi connectivity index (χ4n) is 2.72. The molecule has 2 fully saturated rings. The first-order valence-electron chi connectivity index (χ1n) is 6.83. The molecule has 2 rings (SSSR count). The normalized spacial score (nSPS) is 32.1. The lowest BCUT2D eigenvalue weighted by Crippen LogP contribution is -2.51. The molecule has 2 N–H and O–H groups in total. The minimum Gasteiger partial charge on any atom is -0.481 e. The van der Waals surface area contributed by atoms with Crippen molar-refractivity contribution >= 4 is 11.9 Å². The van der Waals surface area contributed by atoms with Crippen LogP contribution in [0.4, 0.5) is 0 Å². The molecule has 2 saturated heterocycles. The van der Waals surface area contributed by atoms with E-state index in [2.05, 4.69) is 5.32 Å². The van der Waals surface area contributed by atoms with Gasteiger partial charge in [-0.05, 0) is 19.8 Å². The molecule has 1 amide bonds. The topological polar surface area (TPSA) is 78.9 Å². The summed E-state index contributed by atoms with van der Waals surface area (Å²) in [6.07, 6.45) is 1.77. The zero-order valence-electron chi connectivity index (χ0n) is 11.4. The monoisotopic (exact) mass is 270 g/mol. The Kier molecular flexibility index (Phi) is 4.42. The van der Waals surface area contributed by atoms with Crippen LogP contribution >= 0.6 is 0 Å². The summed E-state index contributed by atoms with van der Waals surface area (Å²) in [5.41, 5.74) is -0.801. The van der Waals surface area contributed by atoms with Crippen LogP contribution in [0.25, 0.3) is 0 Å². The molecule has 0 aromatic carbocycles. The predicted octanol–water partition coefficient (Wildman–Crippen LogP) is 0.0782. The molecule has 2 atom stereocenters. The van der Waals surface area contributed by atoms with E-state index in [1.54, 1.807) is 11.8 Å². The van der Waals surface area contributed by atoms with Gasteiger partial charge in [-0.25, -0.2) is 0 Å². The van der Waals surface area contributed by atoms with E-state index in [0.717, 1.165) is 13.0 Å². The third-order valence-corrected chi connectivity index (χ3v) is 3.98. The molecule has 2 heterocycles. The van der Waals surface area contributed by atoms with Crippen molar-refractivity contribution in [3.8, 4) is 0 Å². The molecule has 108 valence electrons. The van der Waals surface area contributed by atoms with Gasteiger partial charge in [0.25, 0.3) is 0 Å². The molecule has 0 bridgehead atoms. The van der Waals surface area contributed by atoms with E-state index in [9.17, 15) is 14.7 Å². The summed E-state index contributed by atoms with van der Waals surface area (Å²) in [6.45, 7) is 4.70. The van der Waals surface area contributed by atoms with Gasteiger partial charge in [-0.2, -0.15) is 0 Å². The van der Waals surface area contributed by atoms with E-state index >= 15 is 0 Å². The summed E-state index contributed by atoms with van der Waals surface area (Å²) in [7, 11) is 0. The van der Waals surface area contributed by atoms with Gasteiger partial charge in [0.1, 0.15) is 0 Å². The summed E-state index contributed by atoms with van der Waals surface area (Å²) >= 11 is 0. The Balaban J connectivity index is 1.89. The minimum absolute atomic E-state index is 0.0233. The number of likely N-dealkylation sites (tertiary alicyclic amines) is 1. The Morgan fingerprint density at radius 3 is 2.95 bits per heavy atom. The van der Waals surface area contributed by atoms with Crippen molar-refractivity contribution in [1.29, 1.82) is 0 Å². The fraction of sp³-hybridized carbons (Fsp3) is 0.846. The Labute approximate surface area is 113 Å². The molecular weight excluding hydrogens is 248 g/mol. The number of aliphatic carboxylic acids is 1. The van der Waals surface area contributed by atoms with Crippen molar-refractivity contribution in [3.05, 3.63) is 0 Å². The van der Waals surface area contributed by atoms with Crippen molar-refractivity contribution in [3.63, 3.8) is 0 Å². The number of carboxylic acid groups (broad SMARTS) is 1. The van der Waals surface area contributed by atoms with Gasteiger partial charge < -0.3 is 20.1 Å². The predicted molar refractivity (Wildman–Crippen MR) is 68.8 cm³/mol. The van der Waals surface area contributed by atoms with E-state index < -0.39 is 11.4 Å². The van der Waals surface area contributed by atoms with Crippen molar-refractivity contribution in [1.82, 2.24) is 10.2 Å². The molecule has 6 nitrogen and oxygen atoms in total. The van der Waals surface area contributed by atoms with E-state index in [1.807, 2.05) is 0 Å². The number of hydrogen-bond donors (Lipinski definition) is 2. The van der Waals surface area contributed by atoms with Gasteiger partial charge in [0.05, 0.1) is 18.6 Å². The second kappa shape index (κ2) is 5.88. The lowest BCUT2D eigenvalue weighted by molar-refractivity contribution is -0.153. The van der Waals surface area contributed by atoms with E-state index in [-0.39, 0.29) is 11.9 Å². The first kappa shape index (κ1) is 14.3. The zero-order chi connectivity index (χ0) is 13.9. The third-order valence-electron chi connectivity index (χ3n) is 3.98. The summed E-state index contributed by atoms with van der Waals surface area (Å²) in [4.78, 5) is 25.2. The third kappa shape index (κ3) is 3.45. The van der Waals surface area contributed by atoms with Gasteiger partial charge in [-0.15, -0.1) is 0 Å². The molecular formula is C13H22N2O4. The number of morpholine rings is 1. The maximum atomic E-state index is 12.2. The second-order valence-corrected chi connectivity index (χ2v) is 5.71. The van der Waals surface area contributed by atoms with Crippen LogP contribution in [0.1, 0.15) is 26.2 Å². The summed E-state index contributed by atoms with van der Waals surface area (Å²) in [5, 5.41) is 12.5. The van der Waals surface area contributed by atoms with Crippen LogP contribution in [-0.4, -0.2) is 60.8 Å². The van der Waals surface area contributed by atoms with Crippen molar-refractivity contribution < 1.29 is 19.4 Å². The van der Waals surface area contributed by atoms with Gasteiger partial charge in [-0.3, -0.25) is 9.59 Å². The van der Waals surface area contributed by atoms with E-state index in [4.69, 9.17) is 4.74 Å². The molecule has 2 aliphatic rings. The standard InChI is InChI=1S/C13H22N2O4/c1-13(12(17)18)3-2-5-15(9-13)11(16)7-10-8-19-6-4-14-10/h10,14H,2-9H2,1H3,(H,17,18). The molecule has 6 heteroatoms. The number of nitrogens with zero attached hydrogens (tertiary/aromatic N) is 1. The van der Waals surface area contributed by atoms with Gasteiger partial charge in [0, 0.05) is 32.1 Å². The van der Waals surface area contributed by atoms with Crippen molar-refractivity contribution in [2.75, 3.05) is 32.8 Å². The van der Waals surface area contributed by atoms with Gasteiger partial charge in [0.15, 0.2) is 0 Å². The second-order valence-electron chi connectivity index (χ2n) is 5.71.